The summed E-state index contributed by atoms with van der Waals surface area (Å²) in [5.74, 6) is -0.717. The highest BCUT2D eigenvalue weighted by molar-refractivity contribution is 5.66. The Hall–Kier alpha value is -1.18. The average Bonchev–Trinajstić information content (AvgIpc) is 2.78. The molecule has 4 rings (SSSR count). The highest BCUT2D eigenvalue weighted by atomic mass is 16.8. The largest absolute Gasteiger partial charge is 0.459 e. The Morgan fingerprint density at radius 2 is 1.83 bits per heavy atom. The Bertz CT molecular complexity index is 535. The smallest absolute Gasteiger partial charge is 0.305 e. The number of carbonyl (C=O) groups is 2. The zero-order chi connectivity index (χ0) is 16.2. The first-order valence-electron chi connectivity index (χ1n) is 8.26. The lowest BCUT2D eigenvalue weighted by Gasteiger charge is -2.58. The minimum absolute atomic E-state index is 0.281. The molecule has 23 heavy (non-hydrogen) atoms. The third-order valence-corrected chi connectivity index (χ3v) is 5.76. The fraction of sp³-hybridized carbons (Fsp3) is 0.875. The van der Waals surface area contributed by atoms with Crippen molar-refractivity contribution in [1.29, 1.82) is 0 Å². The SMILES string of the molecule is CC(=O)O[C@@H]1O[C@H]2C[C@]34CCCC[C@@]3(O2)[C@H]1OC[C@@H]4OC(C)=O. The van der Waals surface area contributed by atoms with Crippen LogP contribution in [0.4, 0.5) is 0 Å². The summed E-state index contributed by atoms with van der Waals surface area (Å²) in [4.78, 5) is 22.9. The normalized spacial score (nSPS) is 47.6. The minimum Gasteiger partial charge on any atom is -0.459 e. The van der Waals surface area contributed by atoms with Crippen molar-refractivity contribution >= 4 is 11.9 Å². The minimum atomic E-state index is -0.760. The third-order valence-electron chi connectivity index (χ3n) is 5.76. The van der Waals surface area contributed by atoms with Crippen LogP contribution in [0.25, 0.3) is 0 Å². The molecule has 4 fully saturated rings. The summed E-state index contributed by atoms with van der Waals surface area (Å²) in [6, 6.07) is 0. The summed E-state index contributed by atoms with van der Waals surface area (Å²) in [5.41, 5.74) is -0.925. The Kier molecular flexibility index (Phi) is 3.44. The van der Waals surface area contributed by atoms with E-state index >= 15 is 0 Å². The van der Waals surface area contributed by atoms with Crippen molar-refractivity contribution in [3.05, 3.63) is 0 Å². The van der Waals surface area contributed by atoms with Gasteiger partial charge in [-0.2, -0.15) is 0 Å². The molecule has 0 unspecified atom stereocenters. The van der Waals surface area contributed by atoms with Crippen LogP contribution >= 0.6 is 0 Å². The molecule has 0 N–H and O–H groups in total. The standard InChI is InChI=1S/C16H22O7/c1-9(17)20-11-8-19-13-14(21-10(2)18)22-12-7-15(11)5-3-4-6-16(13,15)23-12/h11-14H,3-8H2,1-2H3/t11-,12+,13-,14+,15-,16+/m0/s1. The van der Waals surface area contributed by atoms with Crippen molar-refractivity contribution < 1.29 is 33.3 Å². The van der Waals surface area contributed by atoms with Crippen LogP contribution in [-0.4, -0.2) is 48.9 Å². The Morgan fingerprint density at radius 1 is 1.09 bits per heavy atom. The molecule has 2 bridgehead atoms. The van der Waals surface area contributed by atoms with Crippen molar-refractivity contribution in [3.8, 4) is 0 Å². The molecule has 0 aromatic heterocycles. The molecule has 7 heteroatoms. The topological polar surface area (TPSA) is 80.3 Å². The van der Waals surface area contributed by atoms with E-state index in [0.29, 0.717) is 6.42 Å². The van der Waals surface area contributed by atoms with Gasteiger partial charge in [-0.15, -0.1) is 0 Å². The first-order valence-corrected chi connectivity index (χ1v) is 8.26. The molecule has 4 aliphatic rings. The predicted octanol–water partition coefficient (Wildman–Crippen LogP) is 1.28. The van der Waals surface area contributed by atoms with Crippen LogP contribution in [0.5, 0.6) is 0 Å². The summed E-state index contributed by atoms with van der Waals surface area (Å²) < 4.78 is 28.9. The van der Waals surface area contributed by atoms with E-state index < -0.39 is 30.3 Å². The summed E-state index contributed by atoms with van der Waals surface area (Å²) in [6.45, 7) is 3.05. The number of fused-ring (bicyclic) bond motifs is 1. The summed E-state index contributed by atoms with van der Waals surface area (Å²) >= 11 is 0. The van der Waals surface area contributed by atoms with E-state index in [4.69, 9.17) is 23.7 Å². The molecule has 7 nitrogen and oxygen atoms in total. The van der Waals surface area contributed by atoms with Crippen molar-refractivity contribution in [3.63, 3.8) is 0 Å². The molecule has 1 aliphatic carbocycles. The molecular formula is C16H22O7. The van der Waals surface area contributed by atoms with Crippen molar-refractivity contribution in [2.75, 3.05) is 6.61 Å². The number of ether oxygens (including phenoxy) is 5. The first-order chi connectivity index (χ1) is 11.0. The lowest BCUT2D eigenvalue weighted by molar-refractivity contribution is -0.380. The molecule has 3 saturated heterocycles. The van der Waals surface area contributed by atoms with Gasteiger partial charge < -0.3 is 23.7 Å². The van der Waals surface area contributed by atoms with Gasteiger partial charge in [0.05, 0.1) is 6.61 Å². The zero-order valence-electron chi connectivity index (χ0n) is 13.4. The van der Waals surface area contributed by atoms with E-state index in [1.54, 1.807) is 0 Å². The molecule has 1 saturated carbocycles. The molecule has 3 heterocycles. The molecule has 128 valence electrons. The average molecular weight is 326 g/mol. The van der Waals surface area contributed by atoms with Gasteiger partial charge >= 0.3 is 11.9 Å². The summed E-state index contributed by atoms with van der Waals surface area (Å²) in [7, 11) is 0. The molecule has 1 spiro atoms. The second-order valence-corrected chi connectivity index (χ2v) is 6.97. The lowest BCUT2D eigenvalue weighted by Crippen LogP contribution is -2.70. The zero-order valence-corrected chi connectivity index (χ0v) is 13.4. The second-order valence-electron chi connectivity index (χ2n) is 6.97. The van der Waals surface area contributed by atoms with Crippen LogP contribution in [0.1, 0.15) is 46.0 Å². The second kappa shape index (κ2) is 5.16. The van der Waals surface area contributed by atoms with Crippen molar-refractivity contribution in [1.82, 2.24) is 0 Å². The third kappa shape index (κ3) is 2.06. The Labute approximate surface area is 134 Å². The van der Waals surface area contributed by atoms with Gasteiger partial charge in [0.2, 0.25) is 6.29 Å². The number of rotatable bonds is 2. The molecule has 3 aliphatic heterocycles. The van der Waals surface area contributed by atoms with E-state index in [9.17, 15) is 9.59 Å². The van der Waals surface area contributed by atoms with Gasteiger partial charge in [-0.25, -0.2) is 0 Å². The van der Waals surface area contributed by atoms with Crippen molar-refractivity contribution in [2.45, 2.75) is 76.3 Å². The van der Waals surface area contributed by atoms with E-state index in [1.165, 1.54) is 13.8 Å². The van der Waals surface area contributed by atoms with Crippen molar-refractivity contribution in [2.24, 2.45) is 5.41 Å². The highest BCUT2D eigenvalue weighted by Crippen LogP contribution is 2.64. The summed E-state index contributed by atoms with van der Waals surface area (Å²) in [5, 5.41) is 0. The van der Waals surface area contributed by atoms with Crippen LogP contribution < -0.4 is 0 Å². The van der Waals surface area contributed by atoms with Gasteiger partial charge in [0.25, 0.3) is 0 Å². The lowest BCUT2D eigenvalue weighted by atomic mass is 9.57. The Balaban J connectivity index is 1.73. The van der Waals surface area contributed by atoms with E-state index in [1.807, 2.05) is 0 Å². The monoisotopic (exact) mass is 326 g/mol. The molecule has 0 aromatic carbocycles. The van der Waals surface area contributed by atoms with Crippen LogP contribution in [0.15, 0.2) is 0 Å². The number of carbonyl (C=O) groups excluding carboxylic acids is 2. The van der Waals surface area contributed by atoms with E-state index in [-0.39, 0.29) is 24.1 Å². The van der Waals surface area contributed by atoms with E-state index in [0.717, 1.165) is 25.7 Å². The molecule has 0 aromatic rings. The number of hydrogen-bond donors (Lipinski definition) is 0. The van der Waals surface area contributed by atoms with Crippen LogP contribution in [0, 0.1) is 5.41 Å². The maximum atomic E-state index is 11.5. The maximum Gasteiger partial charge on any atom is 0.305 e. The van der Waals surface area contributed by atoms with Gasteiger partial charge in [-0.05, 0) is 12.8 Å². The van der Waals surface area contributed by atoms with Gasteiger partial charge in [0.1, 0.15) is 17.8 Å². The van der Waals surface area contributed by atoms with Crippen LogP contribution in [0.3, 0.4) is 0 Å². The predicted molar refractivity (Wildman–Crippen MR) is 75.1 cm³/mol. The highest BCUT2D eigenvalue weighted by Gasteiger charge is 2.75. The van der Waals surface area contributed by atoms with Gasteiger partial charge in [0.15, 0.2) is 6.29 Å². The van der Waals surface area contributed by atoms with Gasteiger partial charge in [-0.3, -0.25) is 9.59 Å². The van der Waals surface area contributed by atoms with Crippen LogP contribution in [0.2, 0.25) is 0 Å². The quantitative estimate of drug-likeness (QED) is 0.707. The van der Waals surface area contributed by atoms with Crippen LogP contribution in [-0.2, 0) is 33.3 Å². The fourth-order valence-electron chi connectivity index (χ4n) is 5.05. The van der Waals surface area contributed by atoms with Gasteiger partial charge in [0, 0.05) is 25.7 Å². The first kappa shape index (κ1) is 15.4. The molecule has 0 radical (unpaired) electrons. The number of esters is 2. The van der Waals surface area contributed by atoms with Gasteiger partial charge in [-0.1, -0.05) is 12.8 Å². The Morgan fingerprint density at radius 3 is 2.57 bits per heavy atom. The number of hydrogen-bond acceptors (Lipinski definition) is 7. The molecular weight excluding hydrogens is 304 g/mol. The maximum absolute atomic E-state index is 11.5. The summed E-state index contributed by atoms with van der Waals surface area (Å²) in [6.07, 6.45) is 2.37. The van der Waals surface area contributed by atoms with E-state index in [2.05, 4.69) is 0 Å². The molecule has 6 atom stereocenters. The molecule has 0 amide bonds. The fourth-order valence-corrected chi connectivity index (χ4v) is 5.05.